The number of rotatable bonds is 4. The molecule has 2 heterocycles. The smallest absolute Gasteiger partial charge is 0.270 e. The van der Waals surface area contributed by atoms with Gasteiger partial charge in [0.15, 0.2) is 0 Å². The highest BCUT2D eigenvalue weighted by molar-refractivity contribution is 5.93. The van der Waals surface area contributed by atoms with E-state index in [-0.39, 0.29) is 12.5 Å². The Balaban J connectivity index is 1.74. The van der Waals surface area contributed by atoms with Gasteiger partial charge in [0.1, 0.15) is 12.2 Å². The minimum Gasteiger partial charge on any atom is -0.354 e. The summed E-state index contributed by atoms with van der Waals surface area (Å²) in [7, 11) is 1.72. The molecule has 1 aromatic carbocycles. The van der Waals surface area contributed by atoms with Crippen molar-refractivity contribution >= 4 is 5.91 Å². The van der Waals surface area contributed by atoms with E-state index in [0.29, 0.717) is 17.4 Å². The van der Waals surface area contributed by atoms with Gasteiger partial charge in [0.2, 0.25) is 11.7 Å². The Morgan fingerprint density at radius 1 is 1.25 bits per heavy atom. The summed E-state index contributed by atoms with van der Waals surface area (Å²) in [4.78, 5) is 21.5. The van der Waals surface area contributed by atoms with E-state index in [4.69, 9.17) is 4.52 Å². The summed E-state index contributed by atoms with van der Waals surface area (Å²) in [6.45, 7) is 6.11. The average molecular weight is 324 g/mol. The maximum atomic E-state index is 12.5. The van der Waals surface area contributed by atoms with Gasteiger partial charge in [0, 0.05) is 18.3 Å². The number of aromatic amines is 1. The molecule has 1 amide bonds. The number of H-pyrrole nitrogens is 1. The zero-order valence-electron chi connectivity index (χ0n) is 14.3. The Kier molecular flexibility index (Phi) is 4.20. The molecule has 24 heavy (non-hydrogen) atoms. The van der Waals surface area contributed by atoms with Gasteiger partial charge >= 0.3 is 0 Å². The first-order chi connectivity index (χ1) is 11.4. The maximum Gasteiger partial charge on any atom is 0.270 e. The van der Waals surface area contributed by atoms with E-state index < -0.39 is 0 Å². The Labute approximate surface area is 140 Å². The Hall–Kier alpha value is -2.89. The molecule has 1 N–H and O–H groups in total. The van der Waals surface area contributed by atoms with Crippen molar-refractivity contribution in [2.24, 2.45) is 0 Å². The lowest BCUT2D eigenvalue weighted by atomic mass is 10.1. The van der Waals surface area contributed by atoms with E-state index in [9.17, 15) is 4.79 Å². The Morgan fingerprint density at radius 3 is 2.71 bits per heavy atom. The Bertz CT molecular complexity index is 879. The molecule has 0 atom stereocenters. The largest absolute Gasteiger partial charge is 0.354 e. The van der Waals surface area contributed by atoms with Gasteiger partial charge in [-0.05, 0) is 38.5 Å². The van der Waals surface area contributed by atoms with Crippen LogP contribution in [0.5, 0.6) is 0 Å². The number of nitrogens with zero attached hydrogens (tertiary/aromatic N) is 3. The molecule has 0 fully saturated rings. The zero-order chi connectivity index (χ0) is 17.3. The van der Waals surface area contributed by atoms with Gasteiger partial charge < -0.3 is 14.4 Å². The van der Waals surface area contributed by atoms with Gasteiger partial charge in [0.25, 0.3) is 5.91 Å². The maximum absolute atomic E-state index is 12.5. The summed E-state index contributed by atoms with van der Waals surface area (Å²) in [5, 5.41) is 4.00. The molecule has 0 unspecified atom stereocenters. The lowest BCUT2D eigenvalue weighted by Crippen LogP contribution is -2.27. The number of aromatic nitrogens is 3. The first-order valence-electron chi connectivity index (χ1n) is 7.75. The van der Waals surface area contributed by atoms with E-state index >= 15 is 0 Å². The zero-order valence-corrected chi connectivity index (χ0v) is 14.3. The molecule has 0 saturated heterocycles. The molecular formula is C18H20N4O2. The highest BCUT2D eigenvalue weighted by Gasteiger charge is 2.19. The molecule has 3 rings (SSSR count). The summed E-state index contributed by atoms with van der Waals surface area (Å²) >= 11 is 0. The number of amides is 1. The molecule has 0 aliphatic rings. The van der Waals surface area contributed by atoms with E-state index in [1.54, 1.807) is 11.9 Å². The van der Waals surface area contributed by atoms with Crippen molar-refractivity contribution in [2.75, 3.05) is 7.05 Å². The molecule has 0 bridgehead atoms. The monoisotopic (exact) mass is 324 g/mol. The summed E-state index contributed by atoms with van der Waals surface area (Å²) in [5.74, 6) is 0.834. The number of hydrogen-bond acceptors (Lipinski definition) is 4. The predicted molar refractivity (Wildman–Crippen MR) is 90.5 cm³/mol. The van der Waals surface area contributed by atoms with Crippen LogP contribution in [-0.4, -0.2) is 33.0 Å². The van der Waals surface area contributed by atoms with Crippen molar-refractivity contribution in [2.45, 2.75) is 27.3 Å². The second-order valence-electron chi connectivity index (χ2n) is 6.05. The van der Waals surface area contributed by atoms with E-state index in [1.165, 1.54) is 0 Å². The van der Waals surface area contributed by atoms with Crippen LogP contribution >= 0.6 is 0 Å². The van der Waals surface area contributed by atoms with Crippen LogP contribution in [-0.2, 0) is 6.54 Å². The molecule has 124 valence electrons. The molecular weight excluding hydrogens is 304 g/mol. The molecule has 0 spiro atoms. The summed E-state index contributed by atoms with van der Waals surface area (Å²) < 4.78 is 5.29. The molecule has 2 aromatic heterocycles. The summed E-state index contributed by atoms with van der Waals surface area (Å²) in [5.41, 5.74) is 4.51. The first-order valence-corrected chi connectivity index (χ1v) is 7.75. The number of carbonyl (C=O) groups excluding carboxylic acids is 1. The molecule has 6 nitrogen and oxygen atoms in total. The van der Waals surface area contributed by atoms with Crippen molar-refractivity contribution in [3.8, 4) is 11.4 Å². The Morgan fingerprint density at radius 2 is 2.04 bits per heavy atom. The fourth-order valence-electron chi connectivity index (χ4n) is 2.64. The first kappa shape index (κ1) is 16.0. The van der Waals surface area contributed by atoms with Crippen molar-refractivity contribution in [3.63, 3.8) is 0 Å². The number of benzene rings is 1. The van der Waals surface area contributed by atoms with E-state index in [0.717, 1.165) is 22.4 Å². The number of hydrogen-bond donors (Lipinski definition) is 1. The van der Waals surface area contributed by atoms with Crippen LogP contribution in [0.15, 0.2) is 34.9 Å². The van der Waals surface area contributed by atoms with Gasteiger partial charge in [-0.15, -0.1) is 0 Å². The van der Waals surface area contributed by atoms with Gasteiger partial charge in [-0.2, -0.15) is 4.98 Å². The number of carbonyl (C=O) groups is 1. The lowest BCUT2D eigenvalue weighted by molar-refractivity contribution is 0.0763. The van der Waals surface area contributed by atoms with Gasteiger partial charge in [-0.25, -0.2) is 0 Å². The molecule has 6 heteroatoms. The van der Waals surface area contributed by atoms with Crippen LogP contribution < -0.4 is 0 Å². The quantitative estimate of drug-likeness (QED) is 0.799. The third kappa shape index (κ3) is 3.22. The predicted octanol–water partition coefficient (Wildman–Crippen LogP) is 3.26. The van der Waals surface area contributed by atoms with Gasteiger partial charge in [-0.1, -0.05) is 28.9 Å². The van der Waals surface area contributed by atoms with Crippen molar-refractivity contribution in [3.05, 3.63) is 58.7 Å². The molecule has 0 aliphatic carbocycles. The van der Waals surface area contributed by atoms with Crippen molar-refractivity contribution in [1.82, 2.24) is 20.0 Å². The second kappa shape index (κ2) is 6.31. The molecule has 3 aromatic rings. The SMILES string of the molecule is Cc1cccc(-c2noc(CN(C)C(=O)c3[nH]c(C)cc3C)n2)c1. The normalized spacial score (nSPS) is 10.8. The highest BCUT2D eigenvalue weighted by atomic mass is 16.5. The van der Waals surface area contributed by atoms with E-state index in [1.807, 2.05) is 51.1 Å². The van der Waals surface area contributed by atoms with Gasteiger partial charge in [-0.3, -0.25) is 4.79 Å². The molecule has 0 aliphatic heterocycles. The van der Waals surface area contributed by atoms with Crippen LogP contribution in [0, 0.1) is 20.8 Å². The van der Waals surface area contributed by atoms with Crippen molar-refractivity contribution in [1.29, 1.82) is 0 Å². The fourth-order valence-corrected chi connectivity index (χ4v) is 2.64. The average Bonchev–Trinajstić information content (AvgIpc) is 3.13. The summed E-state index contributed by atoms with van der Waals surface area (Å²) in [6, 6.07) is 9.84. The third-order valence-corrected chi connectivity index (χ3v) is 3.83. The van der Waals surface area contributed by atoms with Crippen molar-refractivity contribution < 1.29 is 9.32 Å². The fraction of sp³-hybridized carbons (Fsp3) is 0.278. The minimum absolute atomic E-state index is 0.101. The second-order valence-corrected chi connectivity index (χ2v) is 6.05. The summed E-state index contributed by atoms with van der Waals surface area (Å²) in [6.07, 6.45) is 0. The highest BCUT2D eigenvalue weighted by Crippen LogP contribution is 2.18. The van der Waals surface area contributed by atoms with Crippen LogP contribution in [0.25, 0.3) is 11.4 Å². The van der Waals surface area contributed by atoms with Crippen LogP contribution in [0.3, 0.4) is 0 Å². The van der Waals surface area contributed by atoms with E-state index in [2.05, 4.69) is 15.1 Å². The lowest BCUT2D eigenvalue weighted by Gasteiger charge is -2.14. The number of aryl methyl sites for hydroxylation is 3. The molecule has 0 saturated carbocycles. The third-order valence-electron chi connectivity index (χ3n) is 3.83. The minimum atomic E-state index is -0.101. The van der Waals surface area contributed by atoms with Gasteiger partial charge in [0.05, 0.1) is 0 Å². The van der Waals surface area contributed by atoms with Crippen LogP contribution in [0.4, 0.5) is 0 Å². The standard InChI is InChI=1S/C18H20N4O2/c1-11-6-5-7-14(8-11)17-20-15(24-21-17)10-22(4)18(23)16-12(2)9-13(3)19-16/h5-9,19H,10H2,1-4H3. The molecule has 0 radical (unpaired) electrons. The van der Waals surface area contributed by atoms with Crippen LogP contribution in [0.1, 0.15) is 33.2 Å². The topological polar surface area (TPSA) is 75.0 Å². The van der Waals surface area contributed by atoms with Crippen LogP contribution in [0.2, 0.25) is 0 Å². The number of nitrogens with one attached hydrogen (secondary N) is 1.